The molecule has 0 aliphatic heterocycles. The third kappa shape index (κ3) is 6.15. The van der Waals surface area contributed by atoms with Gasteiger partial charge in [0.05, 0.1) is 12.3 Å². The molecule has 1 amide bonds. The molecular formula is C15H21N3O3S2. The molecule has 0 saturated heterocycles. The minimum absolute atomic E-state index is 0.0549. The number of sulfone groups is 1. The van der Waals surface area contributed by atoms with Crippen LogP contribution in [0.1, 0.15) is 24.6 Å². The van der Waals surface area contributed by atoms with Crippen molar-refractivity contribution in [1.82, 2.24) is 9.78 Å². The predicted octanol–water partition coefficient (Wildman–Crippen LogP) is 2.34. The number of rotatable bonds is 9. The van der Waals surface area contributed by atoms with Gasteiger partial charge >= 0.3 is 0 Å². The van der Waals surface area contributed by atoms with Crippen molar-refractivity contribution in [3.63, 3.8) is 0 Å². The van der Waals surface area contributed by atoms with Crippen LogP contribution >= 0.6 is 11.3 Å². The van der Waals surface area contributed by atoms with Crippen molar-refractivity contribution in [2.24, 2.45) is 0 Å². The lowest BCUT2D eigenvalue weighted by molar-refractivity contribution is -0.116. The minimum atomic E-state index is -3.01. The van der Waals surface area contributed by atoms with Crippen LogP contribution in [-0.2, 0) is 27.6 Å². The lowest BCUT2D eigenvalue weighted by Crippen LogP contribution is -2.16. The Bertz CT molecular complexity index is 721. The molecule has 2 aromatic rings. The highest BCUT2D eigenvalue weighted by Gasteiger charge is 2.09. The van der Waals surface area contributed by atoms with Crippen LogP contribution in [0.5, 0.6) is 0 Å². The summed E-state index contributed by atoms with van der Waals surface area (Å²) >= 11 is 1.69. The first-order valence-corrected chi connectivity index (χ1v) is 10.2. The molecule has 0 atom stereocenters. The van der Waals surface area contributed by atoms with E-state index in [1.807, 2.05) is 11.4 Å². The smallest absolute Gasteiger partial charge is 0.225 e. The summed E-state index contributed by atoms with van der Waals surface area (Å²) in [5.74, 6) is 0.564. The Morgan fingerprint density at radius 2 is 2.22 bits per heavy atom. The van der Waals surface area contributed by atoms with Crippen LogP contribution in [0.2, 0.25) is 0 Å². The van der Waals surface area contributed by atoms with Crippen molar-refractivity contribution in [3.05, 3.63) is 34.7 Å². The fourth-order valence-corrected chi connectivity index (χ4v) is 3.52. The van der Waals surface area contributed by atoms with Gasteiger partial charge in [0.25, 0.3) is 0 Å². The summed E-state index contributed by atoms with van der Waals surface area (Å²) in [7, 11) is -3.01. The summed E-state index contributed by atoms with van der Waals surface area (Å²) in [6.07, 6.45) is 3.80. The Morgan fingerprint density at radius 1 is 1.39 bits per heavy atom. The fraction of sp³-hybridized carbons (Fsp3) is 0.467. The molecule has 6 nitrogen and oxygen atoms in total. The van der Waals surface area contributed by atoms with Crippen LogP contribution in [0.3, 0.4) is 0 Å². The highest BCUT2D eigenvalue weighted by molar-refractivity contribution is 7.91. The van der Waals surface area contributed by atoms with Gasteiger partial charge in [-0.2, -0.15) is 5.10 Å². The van der Waals surface area contributed by atoms with Gasteiger partial charge in [-0.1, -0.05) is 13.0 Å². The van der Waals surface area contributed by atoms with Gasteiger partial charge < -0.3 is 5.32 Å². The summed E-state index contributed by atoms with van der Waals surface area (Å²) in [5.41, 5.74) is 0. The topological polar surface area (TPSA) is 81.1 Å². The summed E-state index contributed by atoms with van der Waals surface area (Å²) in [5, 5.41) is 8.93. The van der Waals surface area contributed by atoms with Crippen molar-refractivity contribution in [2.45, 2.75) is 32.7 Å². The van der Waals surface area contributed by atoms with Gasteiger partial charge in [0.2, 0.25) is 5.91 Å². The normalized spacial score (nSPS) is 11.5. The van der Waals surface area contributed by atoms with Crippen molar-refractivity contribution < 1.29 is 13.2 Å². The first kappa shape index (κ1) is 17.7. The molecule has 0 bridgehead atoms. The van der Waals surface area contributed by atoms with Gasteiger partial charge in [0, 0.05) is 29.3 Å². The summed E-state index contributed by atoms with van der Waals surface area (Å²) in [6, 6.07) is 5.75. The molecule has 0 spiro atoms. The standard InChI is InChI=1S/C15H21N3O3S2/c1-2-23(20,21)12-10-18-9-8-14(17-18)16-15(19)7-3-5-13-6-4-11-22-13/h4,6,8-9,11H,2-3,5,7,10,12H2,1H3,(H,16,17,19). The summed E-state index contributed by atoms with van der Waals surface area (Å²) < 4.78 is 24.5. The van der Waals surface area contributed by atoms with E-state index < -0.39 is 9.84 Å². The molecule has 0 unspecified atom stereocenters. The molecule has 0 aliphatic carbocycles. The molecule has 1 N–H and O–H groups in total. The van der Waals surface area contributed by atoms with Crippen LogP contribution in [0, 0.1) is 0 Å². The van der Waals surface area contributed by atoms with Crippen molar-refractivity contribution in [1.29, 1.82) is 0 Å². The van der Waals surface area contributed by atoms with E-state index in [1.54, 1.807) is 30.5 Å². The van der Waals surface area contributed by atoms with Gasteiger partial charge in [0.15, 0.2) is 15.7 Å². The average molecular weight is 355 g/mol. The molecule has 0 radical (unpaired) electrons. The number of aryl methyl sites for hydroxylation is 2. The molecule has 2 rings (SSSR count). The van der Waals surface area contributed by atoms with E-state index in [0.717, 1.165) is 12.8 Å². The van der Waals surface area contributed by atoms with Gasteiger partial charge in [-0.3, -0.25) is 9.48 Å². The van der Waals surface area contributed by atoms with Crippen LogP contribution < -0.4 is 5.32 Å². The van der Waals surface area contributed by atoms with E-state index in [2.05, 4.69) is 16.5 Å². The second-order valence-electron chi connectivity index (χ2n) is 5.18. The Kier molecular flexibility index (Phi) is 6.35. The van der Waals surface area contributed by atoms with E-state index >= 15 is 0 Å². The minimum Gasteiger partial charge on any atom is -0.309 e. The number of amides is 1. The lowest BCUT2D eigenvalue weighted by Gasteiger charge is -2.03. The zero-order valence-electron chi connectivity index (χ0n) is 13.1. The first-order chi connectivity index (χ1) is 11.0. The zero-order valence-corrected chi connectivity index (χ0v) is 14.7. The predicted molar refractivity (Wildman–Crippen MR) is 92.4 cm³/mol. The number of carbonyl (C=O) groups is 1. The van der Waals surface area contributed by atoms with Crippen molar-refractivity contribution in [2.75, 3.05) is 16.8 Å². The zero-order chi connectivity index (χ0) is 16.7. The van der Waals surface area contributed by atoms with Gasteiger partial charge in [-0.05, 0) is 24.3 Å². The molecule has 0 saturated carbocycles. The number of aromatic nitrogens is 2. The maximum absolute atomic E-state index is 11.9. The molecule has 8 heteroatoms. The molecule has 2 aromatic heterocycles. The molecule has 0 aliphatic rings. The number of carbonyl (C=O) groups excluding carboxylic acids is 1. The van der Waals surface area contributed by atoms with E-state index in [-0.39, 0.29) is 17.4 Å². The van der Waals surface area contributed by atoms with Gasteiger partial charge in [-0.25, -0.2) is 8.42 Å². The van der Waals surface area contributed by atoms with E-state index in [1.165, 1.54) is 9.56 Å². The van der Waals surface area contributed by atoms with E-state index in [0.29, 0.717) is 18.8 Å². The number of hydrogen-bond acceptors (Lipinski definition) is 5. The second-order valence-corrected chi connectivity index (χ2v) is 8.69. The molecule has 126 valence electrons. The quantitative estimate of drug-likeness (QED) is 0.748. The Labute approximate surface area is 140 Å². The number of nitrogens with zero attached hydrogens (tertiary/aromatic N) is 2. The van der Waals surface area contributed by atoms with Gasteiger partial charge in [0.1, 0.15) is 0 Å². The Morgan fingerprint density at radius 3 is 2.91 bits per heavy atom. The first-order valence-electron chi connectivity index (χ1n) is 7.54. The Balaban J connectivity index is 1.74. The monoisotopic (exact) mass is 355 g/mol. The van der Waals surface area contributed by atoms with Gasteiger partial charge in [-0.15, -0.1) is 11.3 Å². The number of thiophene rings is 1. The highest BCUT2D eigenvalue weighted by Crippen LogP contribution is 2.12. The number of hydrogen-bond donors (Lipinski definition) is 1. The van der Waals surface area contributed by atoms with Crippen molar-refractivity contribution in [3.8, 4) is 0 Å². The highest BCUT2D eigenvalue weighted by atomic mass is 32.2. The average Bonchev–Trinajstić information content (AvgIpc) is 3.17. The van der Waals surface area contributed by atoms with Crippen LogP contribution in [-0.4, -0.2) is 35.6 Å². The molecule has 23 heavy (non-hydrogen) atoms. The fourth-order valence-electron chi connectivity index (χ4n) is 2.01. The molecule has 2 heterocycles. The molecular weight excluding hydrogens is 334 g/mol. The molecule has 0 aromatic carbocycles. The van der Waals surface area contributed by atoms with Crippen LogP contribution in [0.15, 0.2) is 29.8 Å². The maximum atomic E-state index is 11.9. The number of anilines is 1. The van der Waals surface area contributed by atoms with E-state index in [9.17, 15) is 13.2 Å². The summed E-state index contributed by atoms with van der Waals surface area (Å²) in [4.78, 5) is 13.1. The SMILES string of the molecule is CCS(=O)(=O)CCn1ccc(NC(=O)CCCc2cccs2)n1. The molecule has 0 fully saturated rings. The maximum Gasteiger partial charge on any atom is 0.225 e. The van der Waals surface area contributed by atoms with Crippen LogP contribution in [0.4, 0.5) is 5.82 Å². The second kappa shape index (κ2) is 8.26. The largest absolute Gasteiger partial charge is 0.309 e. The lowest BCUT2D eigenvalue weighted by atomic mass is 10.2. The van der Waals surface area contributed by atoms with Crippen LogP contribution in [0.25, 0.3) is 0 Å². The summed E-state index contributed by atoms with van der Waals surface area (Å²) in [6.45, 7) is 1.92. The van der Waals surface area contributed by atoms with Crippen molar-refractivity contribution >= 4 is 32.9 Å². The number of nitrogens with one attached hydrogen (secondary N) is 1. The van der Waals surface area contributed by atoms with E-state index in [4.69, 9.17) is 0 Å². The third-order valence-corrected chi connectivity index (χ3v) is 6.01. The third-order valence-electron chi connectivity index (χ3n) is 3.39. The Hall–Kier alpha value is -1.67.